The highest BCUT2D eigenvalue weighted by Gasteiger charge is 2.33. The number of epoxide rings is 2. The second-order valence-corrected chi connectivity index (χ2v) is 8.66. The fourth-order valence-corrected chi connectivity index (χ4v) is 3.30. The average molecular weight is 570 g/mol. The van der Waals surface area contributed by atoms with Gasteiger partial charge in [0.1, 0.15) is 18.1 Å². The number of rotatable bonds is 11. The van der Waals surface area contributed by atoms with Crippen LogP contribution in [0.5, 0.6) is 17.2 Å². The average Bonchev–Trinajstić information content (AvgIpc) is 3.88. The molecule has 13 heteroatoms. The predicted octanol–water partition coefficient (Wildman–Crippen LogP) is 3.12. The van der Waals surface area contributed by atoms with Gasteiger partial charge in [0, 0.05) is 0 Å². The first-order chi connectivity index (χ1) is 19.8. The minimum atomic E-state index is -1.52. The molecule has 11 nitrogen and oxygen atoms in total. The zero-order valence-electron chi connectivity index (χ0n) is 21.0. The van der Waals surface area contributed by atoms with E-state index in [0.29, 0.717) is 12.2 Å². The zero-order valence-corrected chi connectivity index (χ0v) is 21.0. The molecule has 3 aromatic rings. The van der Waals surface area contributed by atoms with Crippen LogP contribution in [0.25, 0.3) is 0 Å². The Morgan fingerprint density at radius 2 is 1.27 bits per heavy atom. The standard InChI is InChI=1S/C28H20F2O11/c29-23-19(9-10-20(24(23)30)38-14-39-28(34)22-13-36-22)26(32)41-18-7-5-17(6-8-18)40-25(31)16-3-1-15(2-4-16)11-37-27(33)21-12-35-21/h1-10,21-22H,11-14H2. The van der Waals surface area contributed by atoms with Crippen molar-refractivity contribution >= 4 is 23.9 Å². The first kappa shape index (κ1) is 27.7. The summed E-state index contributed by atoms with van der Waals surface area (Å²) in [6.07, 6.45) is -1.17. The molecule has 2 aliphatic heterocycles. The van der Waals surface area contributed by atoms with Crippen molar-refractivity contribution in [3.8, 4) is 17.2 Å². The van der Waals surface area contributed by atoms with Crippen molar-refractivity contribution in [1.82, 2.24) is 0 Å². The molecule has 2 unspecified atom stereocenters. The Balaban J connectivity index is 1.11. The lowest BCUT2D eigenvalue weighted by Gasteiger charge is -2.10. The van der Waals surface area contributed by atoms with Gasteiger partial charge in [-0.05, 0) is 54.1 Å². The molecule has 0 aromatic heterocycles. The zero-order chi connectivity index (χ0) is 28.9. The fourth-order valence-electron chi connectivity index (χ4n) is 3.30. The second kappa shape index (κ2) is 12.1. The summed E-state index contributed by atoms with van der Waals surface area (Å²) in [7, 11) is 0. The minimum absolute atomic E-state index is 0.0281. The van der Waals surface area contributed by atoms with Gasteiger partial charge in [0.15, 0.2) is 23.8 Å². The summed E-state index contributed by atoms with van der Waals surface area (Å²) < 4.78 is 63.4. The molecule has 2 fully saturated rings. The molecule has 0 aliphatic carbocycles. The Labute approximate surface area is 230 Å². The van der Waals surface area contributed by atoms with Gasteiger partial charge < -0.3 is 33.2 Å². The van der Waals surface area contributed by atoms with Crippen molar-refractivity contribution in [3.63, 3.8) is 0 Å². The Morgan fingerprint density at radius 1 is 0.707 bits per heavy atom. The predicted molar refractivity (Wildman–Crippen MR) is 130 cm³/mol. The summed E-state index contributed by atoms with van der Waals surface area (Å²) in [5.41, 5.74) is 0.207. The number of halogens is 2. The van der Waals surface area contributed by atoms with Crippen LogP contribution in [0, 0.1) is 11.6 Å². The Bertz CT molecular complexity index is 1460. The SMILES string of the molecule is O=C(Oc1ccc(OC(=O)c2ccc(OCOC(=O)C3CO3)c(F)c2F)cc1)c1ccc(COC(=O)C2CO2)cc1. The van der Waals surface area contributed by atoms with Gasteiger partial charge in [0.05, 0.1) is 24.3 Å². The topological polar surface area (TPSA) is 139 Å². The maximum atomic E-state index is 14.5. The normalized spacial score (nSPS) is 16.7. The molecule has 2 atom stereocenters. The van der Waals surface area contributed by atoms with Crippen LogP contribution < -0.4 is 14.2 Å². The summed E-state index contributed by atoms with van der Waals surface area (Å²) in [5, 5.41) is 0. The highest BCUT2D eigenvalue weighted by Crippen LogP contribution is 2.25. The maximum absolute atomic E-state index is 14.5. The van der Waals surface area contributed by atoms with E-state index in [9.17, 15) is 28.0 Å². The van der Waals surface area contributed by atoms with E-state index in [1.54, 1.807) is 12.1 Å². The Morgan fingerprint density at radius 3 is 1.85 bits per heavy atom. The van der Waals surface area contributed by atoms with Gasteiger partial charge in [-0.1, -0.05) is 12.1 Å². The van der Waals surface area contributed by atoms with Crippen molar-refractivity contribution in [2.24, 2.45) is 0 Å². The molecular formula is C28H20F2O11. The van der Waals surface area contributed by atoms with Crippen LogP contribution in [-0.2, 0) is 35.1 Å². The lowest BCUT2D eigenvalue weighted by molar-refractivity contribution is -0.151. The van der Waals surface area contributed by atoms with Crippen LogP contribution in [0.1, 0.15) is 26.3 Å². The number of hydrogen-bond acceptors (Lipinski definition) is 11. The molecule has 0 amide bonds. The first-order valence-electron chi connectivity index (χ1n) is 12.1. The molecule has 5 rings (SSSR count). The smallest absolute Gasteiger partial charge is 0.346 e. The third-order valence-corrected chi connectivity index (χ3v) is 5.69. The van der Waals surface area contributed by atoms with Gasteiger partial charge in [-0.2, -0.15) is 4.39 Å². The lowest BCUT2D eigenvalue weighted by Crippen LogP contribution is -2.16. The first-order valence-corrected chi connectivity index (χ1v) is 12.1. The van der Waals surface area contributed by atoms with E-state index in [-0.39, 0.29) is 30.3 Å². The monoisotopic (exact) mass is 570 g/mol. The molecule has 0 bridgehead atoms. The highest BCUT2D eigenvalue weighted by atomic mass is 19.2. The van der Waals surface area contributed by atoms with Crippen molar-refractivity contribution in [2.75, 3.05) is 20.0 Å². The number of carbonyl (C=O) groups excluding carboxylic acids is 4. The van der Waals surface area contributed by atoms with Gasteiger partial charge in [0.25, 0.3) is 0 Å². The summed E-state index contributed by atoms with van der Waals surface area (Å²) in [6.45, 7) is -0.0554. The van der Waals surface area contributed by atoms with E-state index >= 15 is 0 Å². The van der Waals surface area contributed by atoms with Crippen LogP contribution in [0.4, 0.5) is 8.78 Å². The molecule has 3 aromatic carbocycles. The molecule has 0 radical (unpaired) electrons. The van der Waals surface area contributed by atoms with E-state index < -0.39 is 65.8 Å². The quantitative estimate of drug-likeness (QED) is 0.145. The number of ether oxygens (including phenoxy) is 7. The van der Waals surface area contributed by atoms with Crippen LogP contribution in [-0.4, -0.2) is 56.1 Å². The molecular weight excluding hydrogens is 550 g/mol. The number of hydrogen-bond donors (Lipinski definition) is 0. The van der Waals surface area contributed by atoms with E-state index in [2.05, 4.69) is 0 Å². The molecule has 212 valence electrons. The van der Waals surface area contributed by atoms with Crippen molar-refractivity contribution in [3.05, 3.63) is 89.0 Å². The van der Waals surface area contributed by atoms with Gasteiger partial charge >= 0.3 is 23.9 Å². The van der Waals surface area contributed by atoms with Gasteiger partial charge in [-0.25, -0.2) is 23.6 Å². The van der Waals surface area contributed by atoms with E-state index in [1.165, 1.54) is 36.4 Å². The number of carbonyl (C=O) groups is 4. The van der Waals surface area contributed by atoms with Gasteiger partial charge in [-0.3, -0.25) is 0 Å². The third kappa shape index (κ3) is 7.21. The Kier molecular flexibility index (Phi) is 8.17. The van der Waals surface area contributed by atoms with E-state index in [1.807, 2.05) is 0 Å². The molecule has 0 saturated carbocycles. The lowest BCUT2D eigenvalue weighted by atomic mass is 10.1. The summed E-state index contributed by atoms with van der Waals surface area (Å²) in [4.78, 5) is 47.7. The summed E-state index contributed by atoms with van der Waals surface area (Å²) in [6, 6.07) is 13.5. The molecule has 2 saturated heterocycles. The van der Waals surface area contributed by atoms with Gasteiger partial charge in [-0.15, -0.1) is 0 Å². The van der Waals surface area contributed by atoms with E-state index in [0.717, 1.165) is 12.1 Å². The van der Waals surface area contributed by atoms with Crippen LogP contribution in [0.3, 0.4) is 0 Å². The third-order valence-electron chi connectivity index (χ3n) is 5.69. The summed E-state index contributed by atoms with van der Waals surface area (Å²) >= 11 is 0. The molecule has 41 heavy (non-hydrogen) atoms. The summed E-state index contributed by atoms with van der Waals surface area (Å²) in [5.74, 6) is -6.45. The van der Waals surface area contributed by atoms with Gasteiger partial charge in [0.2, 0.25) is 12.6 Å². The van der Waals surface area contributed by atoms with E-state index in [4.69, 9.17) is 33.2 Å². The van der Waals surface area contributed by atoms with Crippen molar-refractivity contribution in [2.45, 2.75) is 18.8 Å². The maximum Gasteiger partial charge on any atom is 0.346 e. The molecule has 2 heterocycles. The highest BCUT2D eigenvalue weighted by molar-refractivity contribution is 5.92. The molecule has 2 aliphatic rings. The van der Waals surface area contributed by atoms with Crippen LogP contribution in [0.15, 0.2) is 60.7 Å². The second-order valence-electron chi connectivity index (χ2n) is 8.66. The number of benzene rings is 3. The van der Waals surface area contributed by atoms with Crippen LogP contribution >= 0.6 is 0 Å². The molecule has 0 N–H and O–H groups in total. The largest absolute Gasteiger partial charge is 0.459 e. The Hall–Kier alpha value is -4.88. The number of esters is 4. The van der Waals surface area contributed by atoms with Crippen LogP contribution in [0.2, 0.25) is 0 Å². The minimum Gasteiger partial charge on any atom is -0.459 e. The van der Waals surface area contributed by atoms with Crippen molar-refractivity contribution in [1.29, 1.82) is 0 Å². The fraction of sp³-hybridized carbons (Fsp3) is 0.214. The molecule has 0 spiro atoms. The van der Waals surface area contributed by atoms with Crippen molar-refractivity contribution < 1.29 is 61.1 Å².